The second kappa shape index (κ2) is 4.42. The molecule has 0 spiro atoms. The van der Waals surface area contributed by atoms with Crippen molar-refractivity contribution in [1.29, 1.82) is 0 Å². The predicted octanol–water partition coefficient (Wildman–Crippen LogP) is 4.97. The Bertz CT molecular complexity index is 676. The lowest BCUT2D eigenvalue weighted by Crippen LogP contribution is -2.17. The number of fused-ring (bicyclic) bond motifs is 3. The fourth-order valence-electron chi connectivity index (χ4n) is 4.25. The molecule has 2 aliphatic rings. The summed E-state index contributed by atoms with van der Waals surface area (Å²) in [6.07, 6.45) is 2.33. The maximum absolute atomic E-state index is 12.4. The van der Waals surface area contributed by atoms with E-state index in [1.165, 1.54) is 37.8 Å². The standard InChI is InChI=1S/C16H16F3NO/c17-16(18,19)21-11-3-4-15-13(7-11)14(8-20-15)12-6-9-1-2-10(12)5-9/h3-4,7-10,12,20H,1-2,5-6H2. The minimum atomic E-state index is -4.64. The van der Waals surface area contributed by atoms with Gasteiger partial charge < -0.3 is 9.72 Å². The number of hydrogen-bond donors (Lipinski definition) is 1. The van der Waals surface area contributed by atoms with Gasteiger partial charge in [0.05, 0.1) is 0 Å². The largest absolute Gasteiger partial charge is 0.573 e. The highest BCUT2D eigenvalue weighted by atomic mass is 19.4. The molecule has 1 aromatic heterocycles. The number of halogens is 3. The van der Waals surface area contributed by atoms with Crippen LogP contribution in [0.25, 0.3) is 10.9 Å². The molecule has 2 saturated carbocycles. The molecule has 0 aliphatic heterocycles. The van der Waals surface area contributed by atoms with E-state index in [1.54, 1.807) is 6.07 Å². The molecule has 3 unspecified atom stereocenters. The lowest BCUT2D eigenvalue weighted by atomic mass is 9.83. The SMILES string of the molecule is FC(F)(F)Oc1ccc2[nH]cc(C3CC4CCC3C4)c2c1. The van der Waals surface area contributed by atoms with Crippen LogP contribution in [-0.2, 0) is 0 Å². The zero-order valence-corrected chi connectivity index (χ0v) is 11.4. The summed E-state index contributed by atoms with van der Waals surface area (Å²) in [5.74, 6) is 1.85. The molecule has 3 atom stereocenters. The Balaban J connectivity index is 1.71. The molecule has 5 heteroatoms. The van der Waals surface area contributed by atoms with Gasteiger partial charge in [0, 0.05) is 17.1 Å². The first-order valence-corrected chi connectivity index (χ1v) is 7.36. The fourth-order valence-corrected chi connectivity index (χ4v) is 4.25. The molecule has 1 heterocycles. The number of rotatable bonds is 2. The summed E-state index contributed by atoms with van der Waals surface area (Å²) >= 11 is 0. The maximum Gasteiger partial charge on any atom is 0.573 e. The Morgan fingerprint density at radius 2 is 2.00 bits per heavy atom. The van der Waals surface area contributed by atoms with Gasteiger partial charge in [0.15, 0.2) is 0 Å². The van der Waals surface area contributed by atoms with Crippen LogP contribution in [0.5, 0.6) is 5.75 Å². The Morgan fingerprint density at radius 3 is 2.67 bits per heavy atom. The monoisotopic (exact) mass is 295 g/mol. The van der Waals surface area contributed by atoms with Gasteiger partial charge in [-0.1, -0.05) is 6.42 Å². The molecule has 4 rings (SSSR count). The van der Waals surface area contributed by atoms with Crippen LogP contribution < -0.4 is 4.74 Å². The van der Waals surface area contributed by atoms with Crippen LogP contribution >= 0.6 is 0 Å². The van der Waals surface area contributed by atoms with Gasteiger partial charge in [0.1, 0.15) is 5.75 Å². The van der Waals surface area contributed by atoms with E-state index in [0.29, 0.717) is 11.8 Å². The Kier molecular flexibility index (Phi) is 2.75. The van der Waals surface area contributed by atoms with Crippen molar-refractivity contribution in [2.45, 2.75) is 38.0 Å². The molecule has 112 valence electrons. The molecule has 1 N–H and O–H groups in total. The van der Waals surface area contributed by atoms with E-state index in [0.717, 1.165) is 22.4 Å². The number of alkyl halides is 3. The van der Waals surface area contributed by atoms with Crippen molar-refractivity contribution in [3.05, 3.63) is 30.0 Å². The Morgan fingerprint density at radius 1 is 1.14 bits per heavy atom. The highest BCUT2D eigenvalue weighted by molar-refractivity contribution is 5.85. The van der Waals surface area contributed by atoms with Crippen molar-refractivity contribution in [2.24, 2.45) is 11.8 Å². The first kappa shape index (κ1) is 13.0. The van der Waals surface area contributed by atoms with Crippen molar-refractivity contribution in [3.8, 4) is 5.75 Å². The van der Waals surface area contributed by atoms with Crippen molar-refractivity contribution in [3.63, 3.8) is 0 Å². The van der Waals surface area contributed by atoms with Crippen LogP contribution in [0.1, 0.15) is 37.2 Å². The molecule has 2 aliphatic carbocycles. The molecule has 0 radical (unpaired) electrons. The minimum Gasteiger partial charge on any atom is -0.406 e. The number of aromatic amines is 1. The normalized spacial score (nSPS) is 28.4. The maximum atomic E-state index is 12.4. The van der Waals surface area contributed by atoms with E-state index < -0.39 is 6.36 Å². The van der Waals surface area contributed by atoms with Crippen molar-refractivity contribution < 1.29 is 17.9 Å². The van der Waals surface area contributed by atoms with Crippen molar-refractivity contribution >= 4 is 10.9 Å². The minimum absolute atomic E-state index is 0.140. The topological polar surface area (TPSA) is 25.0 Å². The van der Waals surface area contributed by atoms with Gasteiger partial charge in [-0.05, 0) is 60.8 Å². The van der Waals surface area contributed by atoms with Gasteiger partial charge in [-0.25, -0.2) is 0 Å². The molecular weight excluding hydrogens is 279 g/mol. The molecular formula is C16H16F3NO. The van der Waals surface area contributed by atoms with Gasteiger partial charge in [0.25, 0.3) is 0 Å². The van der Waals surface area contributed by atoms with Gasteiger partial charge in [-0.3, -0.25) is 0 Å². The molecule has 2 bridgehead atoms. The molecule has 0 saturated heterocycles. The highest BCUT2D eigenvalue weighted by Crippen LogP contribution is 2.54. The molecule has 21 heavy (non-hydrogen) atoms. The summed E-state index contributed by atoms with van der Waals surface area (Å²) in [7, 11) is 0. The molecule has 1 aromatic carbocycles. The smallest absolute Gasteiger partial charge is 0.406 e. The molecule has 2 nitrogen and oxygen atoms in total. The first-order chi connectivity index (χ1) is 9.99. The zero-order valence-electron chi connectivity index (χ0n) is 11.4. The van der Waals surface area contributed by atoms with Crippen molar-refractivity contribution in [1.82, 2.24) is 4.98 Å². The summed E-state index contributed by atoms with van der Waals surface area (Å²) in [5, 5.41) is 0.870. The third-order valence-electron chi connectivity index (χ3n) is 5.06. The second-order valence-corrected chi connectivity index (χ2v) is 6.28. The van der Waals surface area contributed by atoms with Crippen LogP contribution in [-0.4, -0.2) is 11.3 Å². The van der Waals surface area contributed by atoms with E-state index in [9.17, 15) is 13.2 Å². The zero-order chi connectivity index (χ0) is 14.6. The number of H-pyrrole nitrogens is 1. The summed E-state index contributed by atoms with van der Waals surface area (Å²) < 4.78 is 41.1. The highest BCUT2D eigenvalue weighted by Gasteiger charge is 2.41. The van der Waals surface area contributed by atoms with E-state index in [4.69, 9.17) is 0 Å². The number of hydrogen-bond acceptors (Lipinski definition) is 1. The van der Waals surface area contributed by atoms with Crippen LogP contribution in [0, 0.1) is 11.8 Å². The van der Waals surface area contributed by atoms with Gasteiger partial charge >= 0.3 is 6.36 Å². The quantitative estimate of drug-likeness (QED) is 0.831. The van der Waals surface area contributed by atoms with Crippen molar-refractivity contribution in [2.75, 3.05) is 0 Å². The van der Waals surface area contributed by atoms with Crippen LogP contribution in [0.3, 0.4) is 0 Å². The molecule has 2 fully saturated rings. The summed E-state index contributed by atoms with van der Waals surface area (Å²) in [6.45, 7) is 0. The van der Waals surface area contributed by atoms with Crippen LogP contribution in [0.4, 0.5) is 13.2 Å². The van der Waals surface area contributed by atoms with E-state index in [-0.39, 0.29) is 5.75 Å². The Labute approximate surface area is 120 Å². The average molecular weight is 295 g/mol. The average Bonchev–Trinajstić information content (AvgIpc) is 3.10. The summed E-state index contributed by atoms with van der Waals surface area (Å²) in [4.78, 5) is 3.18. The predicted molar refractivity (Wildman–Crippen MR) is 73.2 cm³/mol. The number of aromatic nitrogens is 1. The number of ether oxygens (including phenoxy) is 1. The fraction of sp³-hybridized carbons (Fsp3) is 0.500. The number of benzene rings is 1. The molecule has 2 aromatic rings. The summed E-state index contributed by atoms with van der Waals surface area (Å²) in [5.41, 5.74) is 2.03. The first-order valence-electron chi connectivity index (χ1n) is 7.36. The number of nitrogens with one attached hydrogen (secondary N) is 1. The lowest BCUT2D eigenvalue weighted by molar-refractivity contribution is -0.274. The van der Waals surface area contributed by atoms with E-state index in [2.05, 4.69) is 9.72 Å². The van der Waals surface area contributed by atoms with E-state index in [1.807, 2.05) is 6.20 Å². The van der Waals surface area contributed by atoms with E-state index >= 15 is 0 Å². The lowest BCUT2D eigenvalue weighted by Gasteiger charge is -2.21. The van der Waals surface area contributed by atoms with Crippen LogP contribution in [0.2, 0.25) is 0 Å². The third kappa shape index (κ3) is 2.28. The Hall–Kier alpha value is -1.65. The van der Waals surface area contributed by atoms with Gasteiger partial charge in [0.2, 0.25) is 0 Å². The van der Waals surface area contributed by atoms with Gasteiger partial charge in [-0.15, -0.1) is 13.2 Å². The second-order valence-electron chi connectivity index (χ2n) is 6.28. The third-order valence-corrected chi connectivity index (χ3v) is 5.06. The summed E-state index contributed by atoms with van der Waals surface area (Å²) in [6, 6.07) is 4.53. The van der Waals surface area contributed by atoms with Gasteiger partial charge in [-0.2, -0.15) is 0 Å². The van der Waals surface area contributed by atoms with Crippen LogP contribution in [0.15, 0.2) is 24.4 Å². The molecule has 0 amide bonds.